The standard InChI is InChI=1S/C8H18O3S/c1-2-7(10)3-4-12-6-8(11)5-9/h7-11H,2-6H2,1H3. The molecule has 4 heteroatoms. The van der Waals surface area contributed by atoms with E-state index in [1.54, 1.807) is 11.8 Å². The summed E-state index contributed by atoms with van der Waals surface area (Å²) in [6, 6.07) is 0. The number of aliphatic hydroxyl groups is 3. The van der Waals surface area contributed by atoms with Crippen molar-refractivity contribution in [1.82, 2.24) is 0 Å². The molecule has 74 valence electrons. The van der Waals surface area contributed by atoms with Crippen molar-refractivity contribution in [3.8, 4) is 0 Å². The molecule has 0 aliphatic carbocycles. The minimum atomic E-state index is -0.617. The summed E-state index contributed by atoms with van der Waals surface area (Å²) in [6.45, 7) is 1.77. The molecule has 0 saturated carbocycles. The van der Waals surface area contributed by atoms with E-state index < -0.39 is 6.10 Å². The lowest BCUT2D eigenvalue weighted by Gasteiger charge is -2.08. The van der Waals surface area contributed by atoms with Gasteiger partial charge in [0, 0.05) is 5.75 Å². The molecule has 0 spiro atoms. The Bertz CT molecular complexity index is 88.3. The number of hydrogen-bond donors (Lipinski definition) is 3. The highest BCUT2D eigenvalue weighted by molar-refractivity contribution is 7.99. The third-order valence-electron chi connectivity index (χ3n) is 1.59. The molecule has 0 amide bonds. The first-order chi connectivity index (χ1) is 5.70. The minimum absolute atomic E-state index is 0.177. The summed E-state index contributed by atoms with van der Waals surface area (Å²) in [5, 5.41) is 26.6. The number of hydrogen-bond acceptors (Lipinski definition) is 4. The van der Waals surface area contributed by atoms with Crippen molar-refractivity contribution in [2.75, 3.05) is 18.1 Å². The molecule has 0 heterocycles. The Balaban J connectivity index is 3.10. The van der Waals surface area contributed by atoms with Crippen molar-refractivity contribution in [3.63, 3.8) is 0 Å². The Morgan fingerprint density at radius 3 is 2.42 bits per heavy atom. The molecule has 0 aromatic carbocycles. The van der Waals surface area contributed by atoms with Crippen molar-refractivity contribution in [1.29, 1.82) is 0 Å². The van der Waals surface area contributed by atoms with Crippen LogP contribution in [0.4, 0.5) is 0 Å². The fraction of sp³-hybridized carbons (Fsp3) is 1.00. The third kappa shape index (κ3) is 6.91. The van der Waals surface area contributed by atoms with Gasteiger partial charge in [0.1, 0.15) is 0 Å². The number of rotatable bonds is 7. The van der Waals surface area contributed by atoms with Gasteiger partial charge in [-0.15, -0.1) is 0 Å². The summed E-state index contributed by atoms with van der Waals surface area (Å²) in [6.07, 6.45) is 0.708. The molecule has 0 radical (unpaired) electrons. The molecule has 0 fully saturated rings. The van der Waals surface area contributed by atoms with Gasteiger partial charge in [0.05, 0.1) is 18.8 Å². The van der Waals surface area contributed by atoms with E-state index in [1.807, 2.05) is 6.92 Å². The van der Waals surface area contributed by atoms with Crippen molar-refractivity contribution in [2.45, 2.75) is 32.0 Å². The topological polar surface area (TPSA) is 60.7 Å². The second-order valence-electron chi connectivity index (χ2n) is 2.76. The fourth-order valence-electron chi connectivity index (χ4n) is 0.696. The summed E-state index contributed by atoms with van der Waals surface area (Å²) in [5.74, 6) is 1.39. The van der Waals surface area contributed by atoms with Gasteiger partial charge in [-0.1, -0.05) is 6.92 Å². The van der Waals surface area contributed by atoms with Gasteiger partial charge in [0.15, 0.2) is 0 Å². The van der Waals surface area contributed by atoms with Crippen LogP contribution in [0.2, 0.25) is 0 Å². The Morgan fingerprint density at radius 2 is 1.92 bits per heavy atom. The predicted molar refractivity (Wildman–Crippen MR) is 51.3 cm³/mol. The quantitative estimate of drug-likeness (QED) is 0.508. The first kappa shape index (κ1) is 12.2. The Labute approximate surface area is 77.8 Å². The average Bonchev–Trinajstić information content (AvgIpc) is 2.11. The summed E-state index contributed by atoms with van der Waals surface area (Å²) < 4.78 is 0. The van der Waals surface area contributed by atoms with E-state index >= 15 is 0 Å². The van der Waals surface area contributed by atoms with E-state index in [9.17, 15) is 0 Å². The van der Waals surface area contributed by atoms with Crippen LogP contribution in [0, 0.1) is 0 Å². The minimum Gasteiger partial charge on any atom is -0.394 e. The lowest BCUT2D eigenvalue weighted by atomic mass is 10.2. The summed E-state index contributed by atoms with van der Waals surface area (Å²) in [5.41, 5.74) is 0. The van der Waals surface area contributed by atoms with Crippen LogP contribution >= 0.6 is 11.8 Å². The molecule has 2 atom stereocenters. The van der Waals surface area contributed by atoms with Crippen LogP contribution in [0.15, 0.2) is 0 Å². The molecule has 0 saturated heterocycles. The maximum Gasteiger partial charge on any atom is 0.0861 e. The molecule has 3 N–H and O–H groups in total. The zero-order valence-corrected chi connectivity index (χ0v) is 8.26. The van der Waals surface area contributed by atoms with Crippen LogP contribution in [0.3, 0.4) is 0 Å². The second-order valence-corrected chi connectivity index (χ2v) is 3.91. The molecular weight excluding hydrogens is 176 g/mol. The van der Waals surface area contributed by atoms with Gasteiger partial charge in [-0.2, -0.15) is 11.8 Å². The predicted octanol–water partition coefficient (Wildman–Crippen LogP) is 0.234. The smallest absolute Gasteiger partial charge is 0.0861 e. The molecule has 2 unspecified atom stereocenters. The van der Waals surface area contributed by atoms with Crippen LogP contribution in [0.1, 0.15) is 19.8 Å². The van der Waals surface area contributed by atoms with Crippen molar-refractivity contribution in [2.24, 2.45) is 0 Å². The molecule has 12 heavy (non-hydrogen) atoms. The molecule has 0 aliphatic heterocycles. The zero-order chi connectivity index (χ0) is 9.40. The van der Waals surface area contributed by atoms with Crippen LogP contribution in [0.25, 0.3) is 0 Å². The third-order valence-corrected chi connectivity index (χ3v) is 2.73. The summed E-state index contributed by atoms with van der Waals surface area (Å²) in [7, 11) is 0. The van der Waals surface area contributed by atoms with Crippen LogP contribution < -0.4 is 0 Å². The lowest BCUT2D eigenvalue weighted by molar-refractivity contribution is 0.113. The fourth-order valence-corrected chi connectivity index (χ4v) is 1.68. The van der Waals surface area contributed by atoms with E-state index in [4.69, 9.17) is 15.3 Å². The largest absolute Gasteiger partial charge is 0.394 e. The maximum atomic E-state index is 9.16. The van der Waals surface area contributed by atoms with Gasteiger partial charge >= 0.3 is 0 Å². The van der Waals surface area contributed by atoms with Crippen LogP contribution in [-0.4, -0.2) is 45.6 Å². The van der Waals surface area contributed by atoms with Gasteiger partial charge in [0.25, 0.3) is 0 Å². The normalized spacial score (nSPS) is 16.0. The average molecular weight is 194 g/mol. The Hall–Kier alpha value is 0.230. The molecule has 0 aromatic heterocycles. The molecule has 0 aliphatic rings. The lowest BCUT2D eigenvalue weighted by Crippen LogP contribution is -2.15. The van der Waals surface area contributed by atoms with E-state index in [1.165, 1.54) is 0 Å². The second kappa shape index (κ2) is 7.86. The SMILES string of the molecule is CCC(O)CCSCC(O)CO. The van der Waals surface area contributed by atoms with E-state index in [-0.39, 0.29) is 12.7 Å². The van der Waals surface area contributed by atoms with Gasteiger partial charge in [-0.25, -0.2) is 0 Å². The Morgan fingerprint density at radius 1 is 1.25 bits per heavy atom. The highest BCUT2D eigenvalue weighted by Crippen LogP contribution is 2.08. The van der Waals surface area contributed by atoms with E-state index in [2.05, 4.69) is 0 Å². The van der Waals surface area contributed by atoms with E-state index in [0.29, 0.717) is 5.75 Å². The van der Waals surface area contributed by atoms with Gasteiger partial charge in [-0.3, -0.25) is 0 Å². The molecule has 0 aromatic rings. The van der Waals surface area contributed by atoms with Gasteiger partial charge in [0.2, 0.25) is 0 Å². The zero-order valence-electron chi connectivity index (χ0n) is 7.44. The Kier molecular flexibility index (Phi) is 8.01. The monoisotopic (exact) mass is 194 g/mol. The highest BCUT2D eigenvalue weighted by Gasteiger charge is 2.03. The molecule has 3 nitrogen and oxygen atoms in total. The molecule has 0 bridgehead atoms. The van der Waals surface area contributed by atoms with E-state index in [0.717, 1.165) is 18.6 Å². The van der Waals surface area contributed by atoms with Gasteiger partial charge in [-0.05, 0) is 18.6 Å². The van der Waals surface area contributed by atoms with Crippen molar-refractivity contribution in [3.05, 3.63) is 0 Å². The molecular formula is C8H18O3S. The summed E-state index contributed by atoms with van der Waals surface area (Å²) >= 11 is 1.56. The number of aliphatic hydroxyl groups excluding tert-OH is 3. The molecule has 0 rings (SSSR count). The van der Waals surface area contributed by atoms with Crippen LogP contribution in [-0.2, 0) is 0 Å². The first-order valence-corrected chi connectivity index (χ1v) is 5.40. The summed E-state index contributed by atoms with van der Waals surface area (Å²) in [4.78, 5) is 0. The van der Waals surface area contributed by atoms with Crippen LogP contribution in [0.5, 0.6) is 0 Å². The highest BCUT2D eigenvalue weighted by atomic mass is 32.2. The number of thioether (sulfide) groups is 1. The van der Waals surface area contributed by atoms with Gasteiger partial charge < -0.3 is 15.3 Å². The van der Waals surface area contributed by atoms with Crippen molar-refractivity contribution >= 4 is 11.8 Å². The first-order valence-electron chi connectivity index (χ1n) is 4.25. The maximum absolute atomic E-state index is 9.16. The van der Waals surface area contributed by atoms with Crippen molar-refractivity contribution < 1.29 is 15.3 Å².